The third-order valence-electron chi connectivity index (χ3n) is 7.22. The van der Waals surface area contributed by atoms with Crippen LogP contribution in [0.15, 0.2) is 65.0 Å². The van der Waals surface area contributed by atoms with Crippen LogP contribution < -0.4 is 25.4 Å². The number of aliphatic hydroxyl groups excluding tert-OH is 1. The van der Waals surface area contributed by atoms with E-state index in [1.807, 2.05) is 26.8 Å². The van der Waals surface area contributed by atoms with E-state index in [0.717, 1.165) is 5.70 Å². The summed E-state index contributed by atoms with van der Waals surface area (Å²) in [5, 5.41) is 38.9. The molecule has 0 aromatic heterocycles. The van der Waals surface area contributed by atoms with E-state index in [2.05, 4.69) is 22.0 Å². The van der Waals surface area contributed by atoms with Crippen LogP contribution in [0.3, 0.4) is 0 Å². The van der Waals surface area contributed by atoms with Gasteiger partial charge in [0.15, 0.2) is 6.61 Å². The molecule has 0 spiro atoms. The molecule has 1 aliphatic rings. The lowest BCUT2D eigenvalue weighted by atomic mass is 9.79. The zero-order valence-electron chi connectivity index (χ0n) is 26.0. The van der Waals surface area contributed by atoms with Crippen molar-refractivity contribution in [3.05, 3.63) is 81.2 Å². The minimum absolute atomic E-state index is 0.00281. The average molecular weight is 636 g/mol. The lowest BCUT2D eigenvalue weighted by Gasteiger charge is -2.30. The van der Waals surface area contributed by atoms with Crippen molar-refractivity contribution in [1.29, 1.82) is 10.5 Å². The highest BCUT2D eigenvalue weighted by Gasteiger charge is 2.32. The summed E-state index contributed by atoms with van der Waals surface area (Å²) in [6.45, 7) is 7.57. The quantitative estimate of drug-likeness (QED) is 0.224. The van der Waals surface area contributed by atoms with Crippen molar-refractivity contribution < 1.29 is 28.9 Å². The molecule has 0 bridgehead atoms. The maximum Gasteiger partial charge on any atom is 0.309 e. The topological polar surface area (TPSA) is 166 Å². The number of methoxy groups -OCH3 is 1. The summed E-state index contributed by atoms with van der Waals surface area (Å²) in [6, 6.07) is 16.0. The Labute approximate surface area is 268 Å². The van der Waals surface area contributed by atoms with Gasteiger partial charge in [0.25, 0.3) is 5.91 Å². The van der Waals surface area contributed by atoms with Gasteiger partial charge in [-0.25, -0.2) is 0 Å². The first-order valence-electron chi connectivity index (χ1n) is 14.3. The van der Waals surface area contributed by atoms with Crippen LogP contribution in [0.1, 0.15) is 51.2 Å². The van der Waals surface area contributed by atoms with Gasteiger partial charge in [0.2, 0.25) is 0 Å². The number of carbonyl (C=O) groups excluding carboxylic acids is 2. The Kier molecular flexibility index (Phi) is 12.4. The predicted octanol–water partition coefficient (Wildman–Crippen LogP) is 3.84. The summed E-state index contributed by atoms with van der Waals surface area (Å²) < 4.78 is 16.1. The number of rotatable bonds is 14. The number of para-hydroxylation sites is 1. The van der Waals surface area contributed by atoms with E-state index in [0.29, 0.717) is 44.5 Å². The zero-order valence-corrected chi connectivity index (χ0v) is 26.7. The van der Waals surface area contributed by atoms with E-state index < -0.39 is 23.5 Å². The minimum atomic E-state index is -0.841. The first kappa shape index (κ1) is 34.9. The van der Waals surface area contributed by atoms with Gasteiger partial charge in [0.1, 0.15) is 30.3 Å². The Morgan fingerprint density at radius 1 is 1.11 bits per heavy atom. The van der Waals surface area contributed by atoms with Gasteiger partial charge >= 0.3 is 5.97 Å². The Morgan fingerprint density at radius 3 is 2.51 bits per heavy atom. The molecule has 1 aliphatic heterocycles. The molecule has 238 valence electrons. The lowest BCUT2D eigenvalue weighted by Crippen LogP contribution is -2.52. The number of hydrogen-bond donors (Lipinski definition) is 4. The average Bonchev–Trinajstić information content (AvgIpc) is 3.02. The molecule has 4 N–H and O–H groups in total. The number of halogens is 1. The van der Waals surface area contributed by atoms with Crippen molar-refractivity contribution in [1.82, 2.24) is 16.0 Å². The van der Waals surface area contributed by atoms with Crippen LogP contribution in [0, 0.1) is 22.7 Å². The van der Waals surface area contributed by atoms with Crippen molar-refractivity contribution in [2.24, 2.45) is 0 Å². The first-order chi connectivity index (χ1) is 21.4. The van der Waals surface area contributed by atoms with Crippen LogP contribution >= 0.6 is 11.6 Å². The number of nitrogens with zero attached hydrogens (tertiary/aromatic N) is 2. The molecule has 0 radical (unpaired) electrons. The van der Waals surface area contributed by atoms with E-state index in [1.165, 1.54) is 7.11 Å². The first-order valence-corrected chi connectivity index (χ1v) is 14.6. The summed E-state index contributed by atoms with van der Waals surface area (Å²) in [6.07, 6.45) is -0.852. The highest BCUT2D eigenvalue weighted by atomic mass is 35.5. The summed E-state index contributed by atoms with van der Waals surface area (Å²) >= 11 is 6.66. The van der Waals surface area contributed by atoms with Gasteiger partial charge in [-0.05, 0) is 63.1 Å². The molecule has 11 nitrogen and oxygen atoms in total. The van der Waals surface area contributed by atoms with E-state index in [1.54, 1.807) is 49.4 Å². The number of β-amino-alcohol motifs (C(OH)–C–C–N with tert-alkyl or cyclic N) is 1. The standard InChI is InChI=1S/C33H38ClN5O6/c1-20-26(13-31(42)43-5)32(27(15-36)21(2)39-20)25-11-10-24(12-28(25)34)44-18-30(41)37-19-33(3,4)38-16-23(40)17-45-29-9-7-6-8-22(29)14-35/h6-12,23,32,38-40H,13,16-19H2,1-5H3,(H,37,41). The summed E-state index contributed by atoms with van der Waals surface area (Å²) in [5.41, 5.74) is 2.99. The second kappa shape index (κ2) is 16.0. The van der Waals surface area contributed by atoms with E-state index in [-0.39, 0.29) is 38.6 Å². The third kappa shape index (κ3) is 9.72. The maximum absolute atomic E-state index is 12.6. The van der Waals surface area contributed by atoms with Crippen LogP contribution in [0.25, 0.3) is 0 Å². The maximum atomic E-state index is 12.6. The van der Waals surface area contributed by atoms with Crippen molar-refractivity contribution in [2.75, 3.05) is 33.4 Å². The number of benzene rings is 2. The molecule has 0 saturated heterocycles. The summed E-state index contributed by atoms with van der Waals surface area (Å²) in [5.74, 6) is -0.572. The number of allylic oxidation sites excluding steroid dienone is 3. The highest BCUT2D eigenvalue weighted by Crippen LogP contribution is 2.42. The molecule has 12 heteroatoms. The molecular weight excluding hydrogens is 598 g/mol. The van der Waals surface area contributed by atoms with Crippen LogP contribution in [0.4, 0.5) is 0 Å². The zero-order chi connectivity index (χ0) is 33.1. The number of aliphatic hydroxyl groups is 1. The fourth-order valence-corrected chi connectivity index (χ4v) is 5.01. The van der Waals surface area contributed by atoms with Gasteiger partial charge in [-0.1, -0.05) is 29.8 Å². The van der Waals surface area contributed by atoms with Gasteiger partial charge in [-0.3, -0.25) is 9.59 Å². The number of carbonyl (C=O) groups is 2. The van der Waals surface area contributed by atoms with Crippen LogP contribution in [0.2, 0.25) is 5.02 Å². The van der Waals surface area contributed by atoms with Gasteiger partial charge in [0, 0.05) is 41.0 Å². The Hall–Kier alpha value is -4.55. The largest absolute Gasteiger partial charge is 0.489 e. The number of ether oxygens (including phenoxy) is 3. The SMILES string of the molecule is COC(=O)CC1=C(C)NC(C)=C(C#N)C1c1ccc(OCC(=O)NCC(C)(C)NCC(O)COc2ccccc2C#N)cc1Cl. The number of amides is 1. The Bertz CT molecular complexity index is 1560. The second-order valence-corrected chi connectivity index (χ2v) is 11.6. The van der Waals surface area contributed by atoms with E-state index in [9.17, 15) is 20.0 Å². The third-order valence-corrected chi connectivity index (χ3v) is 7.54. The smallest absolute Gasteiger partial charge is 0.309 e. The van der Waals surface area contributed by atoms with Crippen molar-refractivity contribution in [2.45, 2.75) is 51.7 Å². The Balaban J connectivity index is 1.53. The summed E-state index contributed by atoms with van der Waals surface area (Å²) in [7, 11) is 1.31. The molecule has 1 amide bonds. The predicted molar refractivity (Wildman–Crippen MR) is 168 cm³/mol. The van der Waals surface area contributed by atoms with Crippen molar-refractivity contribution in [3.8, 4) is 23.6 Å². The second-order valence-electron chi connectivity index (χ2n) is 11.2. The molecule has 0 saturated carbocycles. The van der Waals surface area contributed by atoms with E-state index >= 15 is 0 Å². The number of dihydropyridines is 1. The summed E-state index contributed by atoms with van der Waals surface area (Å²) in [4.78, 5) is 24.7. The van der Waals surface area contributed by atoms with Gasteiger partial charge in [-0.2, -0.15) is 10.5 Å². The van der Waals surface area contributed by atoms with Gasteiger partial charge in [0.05, 0.1) is 30.7 Å². The lowest BCUT2D eigenvalue weighted by molar-refractivity contribution is -0.139. The van der Waals surface area contributed by atoms with E-state index in [4.69, 9.17) is 31.1 Å². The molecule has 2 atom stereocenters. The molecule has 2 aromatic carbocycles. The van der Waals surface area contributed by atoms with Crippen LogP contribution in [-0.2, 0) is 14.3 Å². The molecule has 1 heterocycles. The minimum Gasteiger partial charge on any atom is -0.489 e. The molecule has 2 unspecified atom stereocenters. The van der Waals surface area contributed by atoms with Crippen molar-refractivity contribution in [3.63, 3.8) is 0 Å². The fraction of sp³-hybridized carbons (Fsp3) is 0.394. The van der Waals surface area contributed by atoms with Gasteiger partial charge in [-0.15, -0.1) is 0 Å². The number of hydrogen-bond acceptors (Lipinski definition) is 10. The molecule has 3 rings (SSSR count). The molecule has 45 heavy (non-hydrogen) atoms. The normalized spacial score (nSPS) is 15.4. The fourth-order valence-electron chi connectivity index (χ4n) is 4.73. The molecular formula is C33H38ClN5O6. The number of nitrogens with one attached hydrogen (secondary N) is 3. The monoisotopic (exact) mass is 635 g/mol. The molecule has 0 aliphatic carbocycles. The number of nitriles is 2. The van der Waals surface area contributed by atoms with Crippen LogP contribution in [0.5, 0.6) is 11.5 Å². The number of esters is 1. The molecule has 2 aromatic rings. The highest BCUT2D eigenvalue weighted by molar-refractivity contribution is 6.31. The van der Waals surface area contributed by atoms with Crippen molar-refractivity contribution >= 4 is 23.5 Å². The van der Waals surface area contributed by atoms with Gasteiger partial charge < -0.3 is 35.3 Å². The van der Waals surface area contributed by atoms with Crippen LogP contribution in [-0.4, -0.2) is 62.0 Å². The Morgan fingerprint density at radius 2 is 1.84 bits per heavy atom. The molecule has 0 fully saturated rings.